The number of hydrogen-bond donors (Lipinski definition) is 2. The summed E-state index contributed by atoms with van der Waals surface area (Å²) in [6.07, 6.45) is 7.21. The van der Waals surface area contributed by atoms with Gasteiger partial charge in [-0.3, -0.25) is 0 Å². The van der Waals surface area contributed by atoms with Gasteiger partial charge in [0.25, 0.3) is 0 Å². The molecule has 27 heavy (non-hydrogen) atoms. The first-order valence-corrected chi connectivity index (χ1v) is 9.60. The Morgan fingerprint density at radius 1 is 1.26 bits per heavy atom. The highest BCUT2D eigenvalue weighted by atomic mass is 32.1. The molecule has 0 saturated carbocycles. The van der Waals surface area contributed by atoms with Crippen molar-refractivity contribution >= 4 is 23.0 Å². The van der Waals surface area contributed by atoms with Crippen molar-refractivity contribution in [3.63, 3.8) is 0 Å². The molecule has 4 heterocycles. The van der Waals surface area contributed by atoms with E-state index in [0.717, 1.165) is 36.4 Å². The van der Waals surface area contributed by atoms with Crippen molar-refractivity contribution < 1.29 is 4.74 Å². The Labute approximate surface area is 161 Å². The van der Waals surface area contributed by atoms with Crippen LogP contribution in [0.15, 0.2) is 42.2 Å². The van der Waals surface area contributed by atoms with E-state index in [2.05, 4.69) is 31.7 Å². The molecule has 1 fully saturated rings. The van der Waals surface area contributed by atoms with Gasteiger partial charge in [0.2, 0.25) is 5.95 Å². The quantitative estimate of drug-likeness (QED) is 0.703. The normalized spacial score (nSPS) is 16.5. The van der Waals surface area contributed by atoms with E-state index >= 15 is 0 Å². The van der Waals surface area contributed by atoms with E-state index in [4.69, 9.17) is 4.74 Å². The van der Waals surface area contributed by atoms with Crippen molar-refractivity contribution in [1.82, 2.24) is 20.3 Å². The number of thiophene rings is 1. The Hall–Kier alpha value is -3.02. The monoisotopic (exact) mass is 378 g/mol. The molecule has 3 aromatic rings. The number of nitrogens with one attached hydrogen (secondary N) is 2. The number of ether oxygens (including phenoxy) is 1. The number of nitrogens with zero attached hydrogens (tertiary/aromatic N) is 4. The molecule has 2 N–H and O–H groups in total. The summed E-state index contributed by atoms with van der Waals surface area (Å²) in [5, 5.41) is 17.7. The molecule has 0 spiro atoms. The van der Waals surface area contributed by atoms with Gasteiger partial charge in [-0.1, -0.05) is 6.07 Å². The summed E-state index contributed by atoms with van der Waals surface area (Å²) in [5.74, 6) is 0.943. The van der Waals surface area contributed by atoms with Crippen LogP contribution in [0.3, 0.4) is 0 Å². The smallest absolute Gasteiger partial charge is 0.227 e. The fourth-order valence-electron chi connectivity index (χ4n) is 2.88. The van der Waals surface area contributed by atoms with Gasteiger partial charge in [0, 0.05) is 35.4 Å². The average molecular weight is 378 g/mol. The van der Waals surface area contributed by atoms with Crippen LogP contribution in [-0.2, 0) is 0 Å². The topological polar surface area (TPSA) is 95.8 Å². The number of piperidine rings is 1. The number of anilines is 2. The molecule has 0 aliphatic carbocycles. The van der Waals surface area contributed by atoms with E-state index in [-0.39, 0.29) is 11.8 Å². The maximum atomic E-state index is 9.30. The molecule has 1 aliphatic rings. The number of aromatic nitrogens is 3. The molecule has 7 nitrogen and oxygen atoms in total. The third kappa shape index (κ3) is 4.22. The molecule has 0 amide bonds. The van der Waals surface area contributed by atoms with Crippen LogP contribution in [0.4, 0.5) is 11.6 Å². The van der Waals surface area contributed by atoms with Gasteiger partial charge in [-0.05, 0) is 30.8 Å². The van der Waals surface area contributed by atoms with Crippen LogP contribution in [0.25, 0.3) is 10.4 Å². The lowest BCUT2D eigenvalue weighted by atomic mass is 10.1. The van der Waals surface area contributed by atoms with Crippen molar-refractivity contribution in [2.75, 3.05) is 18.4 Å². The maximum absolute atomic E-state index is 9.30. The molecular formula is C19H18N6OS. The van der Waals surface area contributed by atoms with Gasteiger partial charge >= 0.3 is 0 Å². The van der Waals surface area contributed by atoms with Crippen molar-refractivity contribution in [2.24, 2.45) is 0 Å². The Morgan fingerprint density at radius 2 is 2.15 bits per heavy atom. The Bertz CT molecular complexity index is 930. The van der Waals surface area contributed by atoms with Crippen LogP contribution in [0.2, 0.25) is 0 Å². The van der Waals surface area contributed by atoms with Crippen LogP contribution in [-0.4, -0.2) is 34.1 Å². The summed E-state index contributed by atoms with van der Waals surface area (Å²) >= 11 is 1.65. The summed E-state index contributed by atoms with van der Waals surface area (Å²) in [6, 6.07) is 7.89. The van der Waals surface area contributed by atoms with E-state index in [1.165, 1.54) is 0 Å². The summed E-state index contributed by atoms with van der Waals surface area (Å²) in [7, 11) is 0. The highest BCUT2D eigenvalue weighted by molar-refractivity contribution is 7.13. The second-order valence-corrected chi connectivity index (χ2v) is 7.11. The molecule has 1 saturated heterocycles. The van der Waals surface area contributed by atoms with Gasteiger partial charge in [0.15, 0.2) is 11.4 Å². The lowest BCUT2D eigenvalue weighted by molar-refractivity contribution is 0.166. The first kappa shape index (κ1) is 17.4. The van der Waals surface area contributed by atoms with Crippen LogP contribution in [0.1, 0.15) is 18.5 Å². The SMILES string of the molecule is N#Cc1ncc(Nc2ncc(-c3cccs3)cn2)cc1OC1CCCNC1. The van der Waals surface area contributed by atoms with E-state index in [1.54, 1.807) is 36.0 Å². The Morgan fingerprint density at radius 3 is 2.85 bits per heavy atom. The zero-order chi connectivity index (χ0) is 18.5. The minimum Gasteiger partial charge on any atom is -0.486 e. The second kappa shape index (κ2) is 8.12. The van der Waals surface area contributed by atoms with Gasteiger partial charge < -0.3 is 15.4 Å². The molecular weight excluding hydrogens is 360 g/mol. The third-order valence-electron chi connectivity index (χ3n) is 4.22. The van der Waals surface area contributed by atoms with Crippen molar-refractivity contribution in [3.8, 4) is 22.3 Å². The highest BCUT2D eigenvalue weighted by Crippen LogP contribution is 2.26. The third-order valence-corrected chi connectivity index (χ3v) is 5.14. The predicted molar refractivity (Wildman–Crippen MR) is 104 cm³/mol. The fourth-order valence-corrected chi connectivity index (χ4v) is 3.58. The Balaban J connectivity index is 1.50. The minimum atomic E-state index is 0.0456. The van der Waals surface area contributed by atoms with Gasteiger partial charge in [0.1, 0.15) is 12.2 Å². The Kier molecular flexibility index (Phi) is 5.23. The maximum Gasteiger partial charge on any atom is 0.227 e. The zero-order valence-electron chi connectivity index (χ0n) is 14.6. The van der Waals surface area contributed by atoms with E-state index in [0.29, 0.717) is 17.4 Å². The van der Waals surface area contributed by atoms with Gasteiger partial charge in [-0.2, -0.15) is 5.26 Å². The van der Waals surface area contributed by atoms with E-state index in [1.807, 2.05) is 17.5 Å². The predicted octanol–water partition coefficient (Wildman–Crippen LogP) is 3.35. The van der Waals surface area contributed by atoms with Gasteiger partial charge in [-0.25, -0.2) is 15.0 Å². The van der Waals surface area contributed by atoms with Crippen molar-refractivity contribution in [1.29, 1.82) is 5.26 Å². The molecule has 1 atom stereocenters. The molecule has 1 unspecified atom stereocenters. The number of rotatable bonds is 5. The lowest BCUT2D eigenvalue weighted by Crippen LogP contribution is -2.37. The molecule has 3 aromatic heterocycles. The minimum absolute atomic E-state index is 0.0456. The van der Waals surface area contributed by atoms with Gasteiger partial charge in [0.05, 0.1) is 11.9 Å². The van der Waals surface area contributed by atoms with Crippen molar-refractivity contribution in [2.45, 2.75) is 18.9 Å². The molecule has 4 rings (SSSR count). The molecule has 0 bridgehead atoms. The summed E-state index contributed by atoms with van der Waals surface area (Å²) in [4.78, 5) is 14.0. The van der Waals surface area contributed by atoms with Crippen molar-refractivity contribution in [3.05, 3.63) is 47.9 Å². The number of hydrogen-bond acceptors (Lipinski definition) is 8. The first-order valence-electron chi connectivity index (χ1n) is 8.72. The molecule has 1 aliphatic heterocycles. The summed E-state index contributed by atoms with van der Waals surface area (Å²) in [6.45, 7) is 1.78. The lowest BCUT2D eigenvalue weighted by Gasteiger charge is -2.24. The fraction of sp³-hybridized carbons (Fsp3) is 0.263. The van der Waals surface area contributed by atoms with E-state index in [9.17, 15) is 5.26 Å². The van der Waals surface area contributed by atoms with E-state index < -0.39 is 0 Å². The molecule has 0 aromatic carbocycles. The summed E-state index contributed by atoms with van der Waals surface area (Å²) < 4.78 is 6.00. The highest BCUT2D eigenvalue weighted by Gasteiger charge is 2.17. The van der Waals surface area contributed by atoms with Gasteiger partial charge in [-0.15, -0.1) is 11.3 Å². The van der Waals surface area contributed by atoms with Crippen LogP contribution < -0.4 is 15.4 Å². The molecule has 0 radical (unpaired) electrons. The standard InChI is InChI=1S/C19H18N6OS/c20-8-16-17(26-15-3-1-5-21-12-15)7-14(11-22-16)25-19-23-9-13(10-24-19)18-4-2-6-27-18/h2,4,6-7,9-11,15,21H,1,3,5,12H2,(H,23,24,25). The summed E-state index contributed by atoms with van der Waals surface area (Å²) in [5.41, 5.74) is 1.93. The first-order chi connectivity index (χ1) is 13.3. The number of nitriles is 1. The zero-order valence-corrected chi connectivity index (χ0v) is 15.4. The number of pyridine rings is 1. The van der Waals surface area contributed by atoms with Crippen LogP contribution >= 0.6 is 11.3 Å². The second-order valence-electron chi connectivity index (χ2n) is 6.17. The largest absolute Gasteiger partial charge is 0.486 e. The molecule has 8 heteroatoms. The van der Waals surface area contributed by atoms with Crippen LogP contribution in [0.5, 0.6) is 5.75 Å². The average Bonchev–Trinajstić information content (AvgIpc) is 3.25. The van der Waals surface area contributed by atoms with Crippen LogP contribution in [0, 0.1) is 11.3 Å². The molecule has 136 valence electrons.